The van der Waals surface area contributed by atoms with Crippen LogP contribution in [0.15, 0.2) is 83.7 Å². The van der Waals surface area contributed by atoms with Crippen molar-refractivity contribution in [1.29, 1.82) is 0 Å². The van der Waals surface area contributed by atoms with Crippen LogP contribution in [0.5, 0.6) is 0 Å². The van der Waals surface area contributed by atoms with Crippen molar-refractivity contribution >= 4 is 58.5 Å². The van der Waals surface area contributed by atoms with Gasteiger partial charge in [0.1, 0.15) is 29.8 Å². The van der Waals surface area contributed by atoms with Crippen molar-refractivity contribution < 1.29 is 43.1 Å². The Morgan fingerprint density at radius 2 is 1.49 bits per heavy atom. The number of benzene rings is 3. The molecule has 0 bridgehead atoms. The quantitative estimate of drug-likeness (QED) is 0.108. The molecule has 4 aromatic rings. The predicted octanol–water partition coefficient (Wildman–Crippen LogP) is 2.71. The zero-order valence-electron chi connectivity index (χ0n) is 42.5. The summed E-state index contributed by atoms with van der Waals surface area (Å²) in [6, 6.07) is 19.2. The van der Waals surface area contributed by atoms with Crippen LogP contribution in [0.25, 0.3) is 11.0 Å². The van der Waals surface area contributed by atoms with Crippen LogP contribution in [-0.4, -0.2) is 134 Å². The number of hydrogen-bond acceptors (Lipinski definition) is 11. The molecular weight excluding hydrogens is 949 g/mol. The van der Waals surface area contributed by atoms with E-state index in [1.165, 1.54) is 14.0 Å². The topological polar surface area (TPSA) is 257 Å². The molecule has 3 aromatic carbocycles. The molecule has 8 amide bonds. The molecule has 1 unspecified atom stereocenters. The number of amides is 8. The summed E-state index contributed by atoms with van der Waals surface area (Å²) in [7, 11) is 1.68. The van der Waals surface area contributed by atoms with Gasteiger partial charge in [0.05, 0.1) is 30.2 Å². The van der Waals surface area contributed by atoms with Crippen molar-refractivity contribution in [2.45, 2.75) is 127 Å². The monoisotopic (exact) mass is 1020 g/mol. The highest BCUT2D eigenvalue weighted by molar-refractivity contribution is 6.00. The minimum Gasteiger partial charge on any atom is -0.444 e. The number of nitrogens with two attached hydrogens (primary N) is 1. The molecule has 0 radical (unpaired) electrons. The number of imidazole rings is 1. The number of aromatic nitrogens is 2. The summed E-state index contributed by atoms with van der Waals surface area (Å²) in [6.45, 7) is 6.59. The molecule has 8 rings (SSSR count). The molecule has 0 saturated carbocycles. The number of rotatable bonds is 15. The Morgan fingerprint density at radius 3 is 2.12 bits per heavy atom. The van der Waals surface area contributed by atoms with Gasteiger partial charge < -0.3 is 36.2 Å². The van der Waals surface area contributed by atoms with Crippen molar-refractivity contribution in [3.05, 3.63) is 106 Å². The lowest BCUT2D eigenvalue weighted by atomic mass is 9.90. The zero-order valence-corrected chi connectivity index (χ0v) is 42.5. The molecule has 4 aliphatic heterocycles. The SMILES string of the molecule is Cn1c(=O)n(C2CCC(=O)NC2=O)c2ccc(CC3CCN(CC(=O)N4CC[C@H]5CC[C@@H](C(=O)N[C@@H](CCC(N)=O)C(=O)NC(c6ccccc6)c6ccccc6)N5C(=O)[C@@H](NC(=O)OC(C)(C)C)C4)CC3)cc21. The average Bonchev–Trinajstić information content (AvgIpc) is 3.89. The second kappa shape index (κ2) is 22.8. The Balaban J connectivity index is 0.918. The first kappa shape index (κ1) is 53.0. The molecule has 5 atom stereocenters. The van der Waals surface area contributed by atoms with E-state index in [1.54, 1.807) is 32.7 Å². The van der Waals surface area contributed by atoms with E-state index in [1.807, 2.05) is 78.9 Å². The number of nitrogens with zero attached hydrogens (tertiary/aromatic N) is 5. The molecule has 5 heterocycles. The van der Waals surface area contributed by atoms with Gasteiger partial charge in [-0.15, -0.1) is 0 Å². The number of ether oxygens (including phenoxy) is 1. The van der Waals surface area contributed by atoms with Crippen molar-refractivity contribution in [2.75, 3.05) is 32.7 Å². The van der Waals surface area contributed by atoms with E-state index in [-0.39, 0.29) is 69.2 Å². The molecule has 6 N–H and O–H groups in total. The van der Waals surface area contributed by atoms with Gasteiger partial charge >= 0.3 is 11.8 Å². The van der Waals surface area contributed by atoms with Crippen LogP contribution in [-0.2, 0) is 51.8 Å². The van der Waals surface area contributed by atoms with Crippen LogP contribution in [0.1, 0.15) is 107 Å². The van der Waals surface area contributed by atoms with E-state index in [0.29, 0.717) is 42.9 Å². The highest BCUT2D eigenvalue weighted by Gasteiger charge is 2.46. The smallest absolute Gasteiger partial charge is 0.408 e. The fourth-order valence-corrected chi connectivity index (χ4v) is 10.9. The maximum absolute atomic E-state index is 14.8. The van der Waals surface area contributed by atoms with Gasteiger partial charge in [0.2, 0.25) is 41.4 Å². The first-order valence-corrected chi connectivity index (χ1v) is 25.7. The Hall–Kier alpha value is -7.35. The summed E-state index contributed by atoms with van der Waals surface area (Å²) in [4.78, 5) is 126. The molecule has 0 aliphatic carbocycles. The van der Waals surface area contributed by atoms with Crippen LogP contribution in [0, 0.1) is 5.92 Å². The largest absolute Gasteiger partial charge is 0.444 e. The van der Waals surface area contributed by atoms with Gasteiger partial charge in [-0.25, -0.2) is 9.59 Å². The predicted molar refractivity (Wildman–Crippen MR) is 273 cm³/mol. The molecular formula is C54H68N10O10. The number of imide groups is 1. The van der Waals surface area contributed by atoms with Crippen LogP contribution < -0.4 is 32.7 Å². The molecule has 4 aliphatic rings. The van der Waals surface area contributed by atoms with Gasteiger partial charge in [0.15, 0.2) is 0 Å². The lowest BCUT2D eigenvalue weighted by Gasteiger charge is -2.40. The molecule has 0 spiro atoms. The number of likely N-dealkylation sites (tertiary alicyclic amines) is 1. The van der Waals surface area contributed by atoms with E-state index in [0.717, 1.165) is 36.0 Å². The van der Waals surface area contributed by atoms with Crippen LogP contribution >= 0.6 is 0 Å². The Labute approximate surface area is 429 Å². The van der Waals surface area contributed by atoms with Crippen molar-refractivity contribution in [3.63, 3.8) is 0 Å². The summed E-state index contributed by atoms with van der Waals surface area (Å²) < 4.78 is 8.57. The van der Waals surface area contributed by atoms with E-state index >= 15 is 0 Å². The third kappa shape index (κ3) is 12.5. The van der Waals surface area contributed by atoms with E-state index in [2.05, 4.69) is 26.2 Å². The van der Waals surface area contributed by atoms with Crippen LogP contribution in [0.3, 0.4) is 0 Å². The first-order valence-electron chi connectivity index (χ1n) is 25.7. The molecule has 74 heavy (non-hydrogen) atoms. The van der Waals surface area contributed by atoms with Crippen molar-refractivity contribution in [2.24, 2.45) is 18.7 Å². The summed E-state index contributed by atoms with van der Waals surface area (Å²) in [5, 5.41) is 11.0. The molecule has 394 valence electrons. The normalized spacial score (nSPS) is 21.3. The number of alkyl carbamates (subject to hydrolysis) is 1. The third-order valence-corrected chi connectivity index (χ3v) is 14.7. The second-order valence-electron chi connectivity index (χ2n) is 21.1. The van der Waals surface area contributed by atoms with Crippen LogP contribution in [0.4, 0.5) is 4.79 Å². The third-order valence-electron chi connectivity index (χ3n) is 14.7. The van der Waals surface area contributed by atoms with Gasteiger partial charge in [0, 0.05) is 32.5 Å². The fourth-order valence-electron chi connectivity index (χ4n) is 10.9. The van der Waals surface area contributed by atoms with Gasteiger partial charge in [0.25, 0.3) is 0 Å². The van der Waals surface area contributed by atoms with Gasteiger partial charge in [-0.1, -0.05) is 66.7 Å². The maximum atomic E-state index is 14.8. The number of hydrogen-bond donors (Lipinski definition) is 5. The summed E-state index contributed by atoms with van der Waals surface area (Å²) >= 11 is 0. The van der Waals surface area contributed by atoms with Gasteiger partial charge in [-0.2, -0.15) is 0 Å². The Bertz CT molecular complexity index is 2780. The number of piperidine rings is 2. The van der Waals surface area contributed by atoms with Gasteiger partial charge in [-0.05, 0) is 120 Å². The minimum absolute atomic E-state index is 0.0882. The van der Waals surface area contributed by atoms with E-state index in [4.69, 9.17) is 10.5 Å². The molecule has 4 fully saturated rings. The fraction of sp³-hybridized carbons (Fsp3) is 0.500. The number of nitrogens with one attached hydrogen (secondary N) is 4. The maximum Gasteiger partial charge on any atom is 0.408 e. The van der Waals surface area contributed by atoms with E-state index < -0.39 is 77.5 Å². The molecule has 20 nitrogen and oxygen atoms in total. The van der Waals surface area contributed by atoms with Crippen LogP contribution in [0.2, 0.25) is 0 Å². The molecule has 1 aromatic heterocycles. The minimum atomic E-state index is -1.26. The number of carbonyl (C=O) groups excluding carboxylic acids is 8. The second-order valence-corrected chi connectivity index (χ2v) is 21.1. The number of aryl methyl sites for hydroxylation is 1. The number of fused-ring (bicyclic) bond motifs is 2. The lowest BCUT2D eigenvalue weighted by molar-refractivity contribution is -0.146. The highest BCUT2D eigenvalue weighted by Crippen LogP contribution is 2.31. The highest BCUT2D eigenvalue weighted by atomic mass is 16.6. The summed E-state index contributed by atoms with van der Waals surface area (Å²) in [6.07, 6.45) is 2.72. The van der Waals surface area contributed by atoms with Crippen molar-refractivity contribution in [1.82, 2.24) is 45.1 Å². The molecule has 4 saturated heterocycles. The Kier molecular flexibility index (Phi) is 16.3. The van der Waals surface area contributed by atoms with Gasteiger partial charge in [-0.3, -0.25) is 52.9 Å². The summed E-state index contributed by atoms with van der Waals surface area (Å²) in [5.41, 5.74) is 8.30. The number of carbonyl (C=O) groups is 8. The van der Waals surface area contributed by atoms with E-state index in [9.17, 15) is 43.2 Å². The standard InChI is InChI=1S/C54H68N10O10/c1-54(2,3)74-52(72)57-39-31-62(46(67)32-61-26-23-33(24-27-61)29-34-15-18-40-43(30-34)60(4)53(73)64(40)42-20-22-45(66)58-50(42)70)28-25-37-16-19-41(63(37)51(39)71)49(69)56-38(17-21-44(55)65)48(68)59-47(35-11-7-5-8-12-35)36-13-9-6-10-14-36/h5-15,18,30,33,37-39,41-42,47H,16-17,19-29,31-32H2,1-4H3,(H2,55,65)(H,56,69)(H,57,72)(H,59,68)(H,58,66,70)/t37-,38+,39+,41+,42?/m1/s1. The lowest BCUT2D eigenvalue weighted by Crippen LogP contribution is -2.62. The summed E-state index contributed by atoms with van der Waals surface area (Å²) in [5.74, 6) is -3.07. The Morgan fingerprint density at radius 1 is 0.811 bits per heavy atom. The average molecular weight is 1020 g/mol. The molecule has 20 heteroatoms. The van der Waals surface area contributed by atoms with Crippen molar-refractivity contribution in [3.8, 4) is 0 Å². The first-order chi connectivity index (χ1) is 35.3. The number of primary amides is 1. The zero-order chi connectivity index (χ0) is 52.8.